The number of hydrogen-bond donors (Lipinski definition) is 2. The van der Waals surface area contributed by atoms with E-state index in [2.05, 4.69) is 20.8 Å². The van der Waals surface area contributed by atoms with Crippen molar-refractivity contribution in [3.63, 3.8) is 0 Å². The smallest absolute Gasteiger partial charge is 0.256 e. The predicted octanol–water partition coefficient (Wildman–Crippen LogP) is 2.91. The first-order valence-corrected chi connectivity index (χ1v) is 12.0. The van der Waals surface area contributed by atoms with E-state index in [1.807, 2.05) is 54.7 Å². The zero-order chi connectivity index (χ0) is 22.1. The molecule has 5 rings (SSSR count). The van der Waals surface area contributed by atoms with Crippen LogP contribution in [0.3, 0.4) is 0 Å². The van der Waals surface area contributed by atoms with Crippen LogP contribution in [-0.2, 0) is 14.8 Å². The van der Waals surface area contributed by atoms with Gasteiger partial charge in [0.15, 0.2) is 5.84 Å². The van der Waals surface area contributed by atoms with Crippen LogP contribution in [0.1, 0.15) is 17.0 Å². The molecule has 1 amide bonds. The lowest BCUT2D eigenvalue weighted by atomic mass is 9.91. The number of para-hydroxylation sites is 1. The number of benzene rings is 2. The fraction of sp³-hybridized carbons (Fsp3) is 0.167. The van der Waals surface area contributed by atoms with Gasteiger partial charge in [-0.15, -0.1) is 4.40 Å². The first-order chi connectivity index (χ1) is 15.5. The first kappa shape index (κ1) is 20.3. The molecule has 0 aliphatic carbocycles. The highest BCUT2D eigenvalue weighted by atomic mass is 32.2. The number of carbonyl (C=O) groups excluding carboxylic acids is 1. The van der Waals surface area contributed by atoms with Gasteiger partial charge in [0.05, 0.1) is 11.3 Å². The Bertz CT molecular complexity index is 1370. The van der Waals surface area contributed by atoms with Crippen LogP contribution < -0.4 is 5.32 Å². The van der Waals surface area contributed by atoms with Gasteiger partial charge in [-0.1, -0.05) is 48.5 Å². The molecule has 2 aliphatic heterocycles. The Labute approximate surface area is 186 Å². The number of H-pyrrole nitrogens is 1. The Morgan fingerprint density at radius 2 is 1.91 bits per heavy atom. The normalized spacial score (nSPS) is 17.9. The average Bonchev–Trinajstić information content (AvgIpc) is 3.23. The van der Waals surface area contributed by atoms with Gasteiger partial charge in [0.1, 0.15) is 0 Å². The molecule has 3 aromatic rings. The molecule has 0 saturated carbocycles. The molecule has 2 aliphatic rings. The van der Waals surface area contributed by atoms with Gasteiger partial charge >= 0.3 is 0 Å². The van der Waals surface area contributed by atoms with Gasteiger partial charge in [-0.25, -0.2) is 8.42 Å². The highest BCUT2D eigenvalue weighted by molar-refractivity contribution is 7.90. The van der Waals surface area contributed by atoms with Crippen molar-refractivity contribution >= 4 is 32.7 Å². The molecule has 0 spiro atoms. The fourth-order valence-corrected chi connectivity index (χ4v) is 5.14. The summed E-state index contributed by atoms with van der Waals surface area (Å²) in [6.07, 6.45) is 7.06. The van der Waals surface area contributed by atoms with Crippen LogP contribution >= 0.6 is 0 Å². The molecule has 2 N–H and O–H groups in total. The molecule has 0 bridgehead atoms. The number of allylic oxidation sites excluding steroid dienone is 2. The van der Waals surface area contributed by atoms with Gasteiger partial charge in [0, 0.05) is 42.3 Å². The molecule has 0 radical (unpaired) electrons. The molecule has 1 atom stereocenters. The number of amidine groups is 1. The van der Waals surface area contributed by atoms with Crippen LogP contribution in [0.25, 0.3) is 10.9 Å². The third kappa shape index (κ3) is 3.85. The van der Waals surface area contributed by atoms with E-state index >= 15 is 0 Å². The second-order valence-corrected chi connectivity index (χ2v) is 9.53. The average molecular weight is 447 g/mol. The Balaban J connectivity index is 1.44. The van der Waals surface area contributed by atoms with Crippen LogP contribution in [0, 0.1) is 0 Å². The molecule has 8 heteroatoms. The second-order valence-electron chi connectivity index (χ2n) is 7.78. The number of carbonyl (C=O) groups is 1. The summed E-state index contributed by atoms with van der Waals surface area (Å²) in [6.45, 7) is 0.635. The monoisotopic (exact) mass is 446 g/mol. The molecule has 2 aromatic carbocycles. The maximum atomic E-state index is 13.1. The minimum Gasteiger partial charge on any atom is -0.361 e. The molecular formula is C24H22N4O3S. The van der Waals surface area contributed by atoms with Crippen molar-refractivity contribution in [3.05, 3.63) is 95.8 Å². The summed E-state index contributed by atoms with van der Waals surface area (Å²) in [5, 5.41) is 4.11. The summed E-state index contributed by atoms with van der Waals surface area (Å²) in [5.74, 6) is -0.313. The first-order valence-electron chi connectivity index (χ1n) is 10.4. The summed E-state index contributed by atoms with van der Waals surface area (Å²) in [6, 6.07) is 18.1. The van der Waals surface area contributed by atoms with Crippen LogP contribution in [0.5, 0.6) is 0 Å². The van der Waals surface area contributed by atoms with E-state index in [0.29, 0.717) is 6.54 Å². The van der Waals surface area contributed by atoms with Crippen molar-refractivity contribution < 1.29 is 13.2 Å². The van der Waals surface area contributed by atoms with E-state index < -0.39 is 10.0 Å². The van der Waals surface area contributed by atoms with Crippen molar-refractivity contribution in [2.45, 2.75) is 5.92 Å². The van der Waals surface area contributed by atoms with Crippen molar-refractivity contribution in [2.75, 3.05) is 18.8 Å². The van der Waals surface area contributed by atoms with Crippen molar-refractivity contribution in [3.8, 4) is 0 Å². The van der Waals surface area contributed by atoms with Crippen molar-refractivity contribution in [1.29, 1.82) is 0 Å². The lowest BCUT2D eigenvalue weighted by Gasteiger charge is -2.29. The van der Waals surface area contributed by atoms with E-state index in [-0.39, 0.29) is 35.5 Å². The minimum absolute atomic E-state index is 0.0631. The Morgan fingerprint density at radius 3 is 2.75 bits per heavy atom. The number of fused-ring (bicyclic) bond motifs is 2. The number of nitrogens with zero attached hydrogens (tertiary/aromatic N) is 2. The molecule has 0 fully saturated rings. The van der Waals surface area contributed by atoms with Gasteiger partial charge in [0.25, 0.3) is 15.9 Å². The van der Waals surface area contributed by atoms with E-state index in [4.69, 9.17) is 0 Å². The maximum absolute atomic E-state index is 13.1. The summed E-state index contributed by atoms with van der Waals surface area (Å²) in [5.41, 5.74) is 3.45. The number of rotatable bonds is 5. The SMILES string of the molecule is O=C(NCC(c1ccccc1)c1c[nH]c2ccccc12)C1=CC=CN2CCS(=O)(=O)N=C12. The van der Waals surface area contributed by atoms with Gasteiger partial charge in [-0.05, 0) is 29.3 Å². The van der Waals surface area contributed by atoms with Gasteiger partial charge in [-0.3, -0.25) is 4.79 Å². The third-order valence-corrected chi connectivity index (χ3v) is 6.92. The number of aromatic nitrogens is 1. The summed E-state index contributed by atoms with van der Waals surface area (Å²) in [7, 11) is -3.57. The van der Waals surface area contributed by atoms with Crippen LogP contribution in [0.4, 0.5) is 0 Å². The summed E-state index contributed by atoms with van der Waals surface area (Å²) >= 11 is 0. The highest BCUT2D eigenvalue weighted by Crippen LogP contribution is 2.30. The zero-order valence-electron chi connectivity index (χ0n) is 17.2. The lowest BCUT2D eigenvalue weighted by Crippen LogP contribution is -2.42. The molecule has 1 aromatic heterocycles. The molecule has 7 nitrogen and oxygen atoms in total. The molecule has 3 heterocycles. The topological polar surface area (TPSA) is 94.6 Å². The molecule has 32 heavy (non-hydrogen) atoms. The number of sulfonamides is 1. The highest BCUT2D eigenvalue weighted by Gasteiger charge is 2.30. The molecular weight excluding hydrogens is 424 g/mol. The fourth-order valence-electron chi connectivity index (χ4n) is 4.16. The van der Waals surface area contributed by atoms with Gasteiger partial charge in [0.2, 0.25) is 0 Å². The van der Waals surface area contributed by atoms with E-state index in [0.717, 1.165) is 22.0 Å². The Kier molecular flexibility index (Phi) is 5.14. The van der Waals surface area contributed by atoms with Crippen molar-refractivity contribution in [2.24, 2.45) is 4.40 Å². The third-order valence-electron chi connectivity index (χ3n) is 5.77. The number of hydrogen-bond acceptors (Lipinski definition) is 4. The maximum Gasteiger partial charge on any atom is 0.256 e. The van der Waals surface area contributed by atoms with Crippen LogP contribution in [-0.4, -0.2) is 48.9 Å². The van der Waals surface area contributed by atoms with Crippen molar-refractivity contribution in [1.82, 2.24) is 15.2 Å². The Hall–Kier alpha value is -3.65. The van der Waals surface area contributed by atoms with Crippen LogP contribution in [0.2, 0.25) is 0 Å². The summed E-state index contributed by atoms with van der Waals surface area (Å²) < 4.78 is 27.9. The van der Waals surface area contributed by atoms with E-state index in [9.17, 15) is 13.2 Å². The number of nitrogens with one attached hydrogen (secondary N) is 2. The lowest BCUT2D eigenvalue weighted by molar-refractivity contribution is -0.117. The number of amides is 1. The second kappa shape index (κ2) is 8.12. The summed E-state index contributed by atoms with van der Waals surface area (Å²) in [4.78, 5) is 18.1. The minimum atomic E-state index is -3.57. The predicted molar refractivity (Wildman–Crippen MR) is 125 cm³/mol. The Morgan fingerprint density at radius 1 is 1.12 bits per heavy atom. The van der Waals surface area contributed by atoms with Crippen LogP contribution in [0.15, 0.2) is 89.1 Å². The number of aromatic amines is 1. The largest absolute Gasteiger partial charge is 0.361 e. The van der Waals surface area contributed by atoms with Gasteiger partial charge < -0.3 is 15.2 Å². The van der Waals surface area contributed by atoms with E-state index in [1.165, 1.54) is 0 Å². The molecule has 1 unspecified atom stereocenters. The molecule has 162 valence electrons. The quantitative estimate of drug-likeness (QED) is 0.630. The standard InChI is InChI=1S/C24H22N4O3S/c29-24(19-10-6-12-28-13-14-32(30,31)27-23(19)28)26-15-20(17-7-2-1-3-8-17)21-16-25-22-11-5-4-9-18(21)22/h1-12,16,20,25H,13-15H2,(H,26,29). The molecule has 0 saturated heterocycles. The van der Waals surface area contributed by atoms with E-state index in [1.54, 1.807) is 23.3 Å². The zero-order valence-corrected chi connectivity index (χ0v) is 18.0. The van der Waals surface area contributed by atoms with Gasteiger partial charge in [-0.2, -0.15) is 0 Å².